The van der Waals surface area contributed by atoms with Gasteiger partial charge in [0, 0.05) is 0 Å². The zero-order chi connectivity index (χ0) is 10.8. The van der Waals surface area contributed by atoms with E-state index in [1.807, 2.05) is 0 Å². The number of imidazole rings is 1. The first-order valence-electron chi connectivity index (χ1n) is 4.04. The SMILES string of the molecule is Nc1nc(OCC(F)F)c2[nH]cnc2n1. The molecule has 0 saturated heterocycles. The molecule has 0 atom stereocenters. The Balaban J connectivity index is 2.35. The predicted octanol–water partition coefficient (Wildman–Crippen LogP) is 0.579. The molecule has 0 spiro atoms. The van der Waals surface area contributed by atoms with E-state index in [4.69, 9.17) is 10.5 Å². The highest BCUT2D eigenvalue weighted by Crippen LogP contribution is 2.19. The van der Waals surface area contributed by atoms with E-state index in [0.717, 1.165) is 0 Å². The van der Waals surface area contributed by atoms with Crippen molar-refractivity contribution >= 4 is 17.1 Å². The molecule has 0 amide bonds. The average Bonchev–Trinajstić information content (AvgIpc) is 2.61. The molecule has 0 aliphatic heterocycles. The van der Waals surface area contributed by atoms with Crippen LogP contribution in [0.15, 0.2) is 6.33 Å². The van der Waals surface area contributed by atoms with Gasteiger partial charge in [-0.2, -0.15) is 9.97 Å². The fraction of sp³-hybridized carbons (Fsp3) is 0.286. The van der Waals surface area contributed by atoms with Crippen LogP contribution in [0, 0.1) is 0 Å². The van der Waals surface area contributed by atoms with Crippen LogP contribution in [0.4, 0.5) is 14.7 Å². The van der Waals surface area contributed by atoms with Gasteiger partial charge in [0.15, 0.2) is 12.3 Å². The maximum atomic E-state index is 11.9. The summed E-state index contributed by atoms with van der Waals surface area (Å²) in [5.41, 5.74) is 5.98. The molecule has 2 rings (SSSR count). The largest absolute Gasteiger partial charge is 0.470 e. The van der Waals surface area contributed by atoms with E-state index in [0.29, 0.717) is 5.52 Å². The highest BCUT2D eigenvalue weighted by Gasteiger charge is 2.11. The van der Waals surface area contributed by atoms with Gasteiger partial charge in [0.25, 0.3) is 6.43 Å². The second-order valence-corrected chi connectivity index (χ2v) is 2.69. The molecular formula is C7H7F2N5O. The predicted molar refractivity (Wildman–Crippen MR) is 47.6 cm³/mol. The zero-order valence-corrected chi connectivity index (χ0v) is 7.44. The monoisotopic (exact) mass is 215 g/mol. The Kier molecular flexibility index (Phi) is 2.32. The number of hydrogen-bond donors (Lipinski definition) is 2. The minimum Gasteiger partial charge on any atom is -0.470 e. The molecule has 6 nitrogen and oxygen atoms in total. The van der Waals surface area contributed by atoms with E-state index in [-0.39, 0.29) is 17.5 Å². The normalized spacial score (nSPS) is 11.1. The van der Waals surface area contributed by atoms with Gasteiger partial charge in [-0.25, -0.2) is 13.8 Å². The molecule has 0 fully saturated rings. The molecule has 2 heterocycles. The number of nitrogens with zero attached hydrogens (tertiary/aromatic N) is 3. The number of alkyl halides is 2. The summed E-state index contributed by atoms with van der Waals surface area (Å²) in [5.74, 6) is -0.0887. The van der Waals surface area contributed by atoms with Crippen LogP contribution in [-0.4, -0.2) is 33.0 Å². The Labute approximate surface area is 82.5 Å². The molecule has 0 aromatic carbocycles. The topological polar surface area (TPSA) is 89.7 Å². The van der Waals surface area contributed by atoms with Crippen molar-refractivity contribution in [3.05, 3.63) is 6.33 Å². The zero-order valence-electron chi connectivity index (χ0n) is 7.44. The van der Waals surface area contributed by atoms with Crippen molar-refractivity contribution in [3.8, 4) is 5.88 Å². The van der Waals surface area contributed by atoms with Crippen molar-refractivity contribution in [1.29, 1.82) is 0 Å². The third kappa shape index (κ3) is 1.92. The summed E-state index contributed by atoms with van der Waals surface area (Å²) in [5, 5.41) is 0. The van der Waals surface area contributed by atoms with Gasteiger partial charge in [-0.05, 0) is 0 Å². The van der Waals surface area contributed by atoms with Crippen molar-refractivity contribution < 1.29 is 13.5 Å². The number of nitrogens with one attached hydrogen (secondary N) is 1. The summed E-state index contributed by atoms with van der Waals surface area (Å²) < 4.78 is 28.6. The molecule has 0 bridgehead atoms. The molecule has 2 aromatic rings. The van der Waals surface area contributed by atoms with Crippen LogP contribution < -0.4 is 10.5 Å². The number of rotatable bonds is 3. The van der Waals surface area contributed by atoms with Crippen molar-refractivity contribution in [2.45, 2.75) is 6.43 Å². The lowest BCUT2D eigenvalue weighted by Crippen LogP contribution is -2.09. The number of aromatic amines is 1. The molecule has 0 unspecified atom stereocenters. The number of halogens is 2. The van der Waals surface area contributed by atoms with Crippen molar-refractivity contribution in [3.63, 3.8) is 0 Å². The summed E-state index contributed by atoms with van der Waals surface area (Å²) >= 11 is 0. The number of fused-ring (bicyclic) bond motifs is 1. The van der Waals surface area contributed by atoms with Crippen LogP contribution in [-0.2, 0) is 0 Å². The molecule has 3 N–H and O–H groups in total. The van der Waals surface area contributed by atoms with Crippen molar-refractivity contribution in [2.24, 2.45) is 0 Å². The molecule has 15 heavy (non-hydrogen) atoms. The summed E-state index contributed by atoms with van der Waals surface area (Å²) in [6, 6.07) is 0. The van der Waals surface area contributed by atoms with Gasteiger partial charge in [-0.15, -0.1) is 0 Å². The lowest BCUT2D eigenvalue weighted by Gasteiger charge is -2.04. The fourth-order valence-electron chi connectivity index (χ4n) is 1.07. The maximum Gasteiger partial charge on any atom is 0.272 e. The van der Waals surface area contributed by atoms with Gasteiger partial charge in [0.05, 0.1) is 6.33 Å². The minimum atomic E-state index is -2.57. The number of anilines is 1. The third-order valence-electron chi connectivity index (χ3n) is 1.62. The Hall–Kier alpha value is -1.99. The van der Waals surface area contributed by atoms with Gasteiger partial charge in [-0.3, -0.25) is 0 Å². The Morgan fingerprint density at radius 3 is 3.00 bits per heavy atom. The molecule has 0 aliphatic carbocycles. The first-order chi connectivity index (χ1) is 7.16. The van der Waals surface area contributed by atoms with Crippen LogP contribution in [0.25, 0.3) is 11.2 Å². The lowest BCUT2D eigenvalue weighted by molar-refractivity contribution is 0.0804. The van der Waals surface area contributed by atoms with Gasteiger partial charge in [0.2, 0.25) is 11.8 Å². The van der Waals surface area contributed by atoms with Crippen molar-refractivity contribution in [2.75, 3.05) is 12.3 Å². The van der Waals surface area contributed by atoms with E-state index in [1.54, 1.807) is 0 Å². The van der Waals surface area contributed by atoms with Crippen LogP contribution in [0.3, 0.4) is 0 Å². The number of nitrogens with two attached hydrogens (primary N) is 1. The second kappa shape index (κ2) is 3.64. The first kappa shape index (κ1) is 9.56. The quantitative estimate of drug-likeness (QED) is 0.781. The molecule has 0 saturated carbocycles. The van der Waals surface area contributed by atoms with Crippen LogP contribution in [0.5, 0.6) is 5.88 Å². The van der Waals surface area contributed by atoms with Gasteiger partial charge >= 0.3 is 0 Å². The molecule has 80 valence electrons. The van der Waals surface area contributed by atoms with Crippen LogP contribution in [0.2, 0.25) is 0 Å². The van der Waals surface area contributed by atoms with E-state index in [2.05, 4.69) is 19.9 Å². The van der Waals surface area contributed by atoms with E-state index in [9.17, 15) is 8.78 Å². The van der Waals surface area contributed by atoms with E-state index < -0.39 is 13.0 Å². The smallest absolute Gasteiger partial charge is 0.272 e. The van der Waals surface area contributed by atoms with Crippen LogP contribution in [0.1, 0.15) is 0 Å². The molecule has 0 aliphatic rings. The average molecular weight is 215 g/mol. The third-order valence-corrected chi connectivity index (χ3v) is 1.62. The second-order valence-electron chi connectivity index (χ2n) is 2.69. The van der Waals surface area contributed by atoms with E-state index in [1.165, 1.54) is 6.33 Å². The molecule has 2 aromatic heterocycles. The maximum absolute atomic E-state index is 11.9. The number of ether oxygens (including phenoxy) is 1. The standard InChI is InChI=1S/C7H7F2N5O/c8-3(9)1-15-6-4-5(12-2-11-4)13-7(10)14-6/h2-3H,1H2,(H3,10,11,12,13,14). The Morgan fingerprint density at radius 2 is 2.27 bits per heavy atom. The highest BCUT2D eigenvalue weighted by molar-refractivity contribution is 5.76. The summed E-state index contributed by atoms with van der Waals surface area (Å²) in [6.07, 6.45) is -1.22. The molecule has 0 radical (unpaired) electrons. The summed E-state index contributed by atoms with van der Waals surface area (Å²) in [4.78, 5) is 14.0. The first-order valence-corrected chi connectivity index (χ1v) is 4.04. The highest BCUT2D eigenvalue weighted by atomic mass is 19.3. The Bertz CT molecular complexity index is 471. The summed E-state index contributed by atoms with van der Waals surface area (Å²) in [7, 11) is 0. The Morgan fingerprint density at radius 1 is 1.47 bits per heavy atom. The van der Waals surface area contributed by atoms with Gasteiger partial charge in [0.1, 0.15) is 5.52 Å². The molecule has 8 heteroatoms. The van der Waals surface area contributed by atoms with Crippen LogP contribution >= 0.6 is 0 Å². The number of aromatic nitrogens is 4. The minimum absolute atomic E-state index is 0.0182. The summed E-state index contributed by atoms with van der Waals surface area (Å²) in [6.45, 7) is -0.745. The number of nitrogen functional groups attached to an aromatic ring is 1. The van der Waals surface area contributed by atoms with E-state index >= 15 is 0 Å². The van der Waals surface area contributed by atoms with Gasteiger partial charge < -0.3 is 15.5 Å². The lowest BCUT2D eigenvalue weighted by atomic mass is 10.5. The fourth-order valence-corrected chi connectivity index (χ4v) is 1.07. The molecular weight excluding hydrogens is 208 g/mol. The van der Waals surface area contributed by atoms with Gasteiger partial charge in [-0.1, -0.05) is 0 Å². The number of H-pyrrole nitrogens is 1. The van der Waals surface area contributed by atoms with Crippen molar-refractivity contribution in [1.82, 2.24) is 19.9 Å². The number of hydrogen-bond acceptors (Lipinski definition) is 5.